The van der Waals surface area contributed by atoms with Crippen molar-refractivity contribution in [1.82, 2.24) is 9.88 Å². The molecule has 0 atom stereocenters. The average Bonchev–Trinajstić information content (AvgIpc) is 3.04. The Kier molecular flexibility index (Phi) is 5.92. The number of fused-ring (bicyclic) bond motifs is 1. The maximum atomic E-state index is 12.4. The molecule has 1 heterocycles. The molecule has 0 radical (unpaired) electrons. The van der Waals surface area contributed by atoms with E-state index >= 15 is 0 Å². The highest BCUT2D eigenvalue weighted by Gasteiger charge is 2.22. The van der Waals surface area contributed by atoms with Crippen molar-refractivity contribution in [1.29, 1.82) is 0 Å². The number of carboxylic acid groups (broad SMARTS) is 1. The predicted molar refractivity (Wildman–Crippen MR) is 126 cm³/mol. The largest absolute Gasteiger partial charge is 0.477 e. The molecule has 0 saturated carbocycles. The van der Waals surface area contributed by atoms with Gasteiger partial charge in [0, 0.05) is 36.1 Å². The first-order valence-electron chi connectivity index (χ1n) is 10.6. The van der Waals surface area contributed by atoms with Gasteiger partial charge in [0.15, 0.2) is 0 Å². The van der Waals surface area contributed by atoms with E-state index in [1.54, 1.807) is 0 Å². The molecule has 0 aliphatic rings. The molecule has 4 aromatic rings. The Morgan fingerprint density at radius 3 is 2.32 bits per heavy atom. The summed E-state index contributed by atoms with van der Waals surface area (Å²) in [6, 6.07) is 22.7. The van der Waals surface area contributed by atoms with Gasteiger partial charge in [0.25, 0.3) is 0 Å². The number of nitrogens with zero attached hydrogens (tertiary/aromatic N) is 1. The van der Waals surface area contributed by atoms with Crippen LogP contribution in [0.25, 0.3) is 10.9 Å². The highest BCUT2D eigenvalue weighted by molar-refractivity contribution is 5.98. The van der Waals surface area contributed by atoms with Crippen molar-refractivity contribution in [2.75, 3.05) is 0 Å². The summed E-state index contributed by atoms with van der Waals surface area (Å²) < 4.78 is 1.95. The lowest BCUT2D eigenvalue weighted by Gasteiger charge is -2.12. The second kappa shape index (κ2) is 8.78. The molecule has 0 aliphatic heterocycles. The third kappa shape index (κ3) is 4.39. The van der Waals surface area contributed by atoms with Crippen LogP contribution in [0.5, 0.6) is 0 Å². The quantitative estimate of drug-likeness (QED) is 0.415. The van der Waals surface area contributed by atoms with Crippen LogP contribution in [0, 0.1) is 20.8 Å². The standard InChI is InChI=1S/C27H28N2O2/c1-18-8-11-21(12-9-18)15-28-16-24-23-13-10-19(2)14-25(23)29(26(24)27(30)31)17-22-7-5-4-6-20(22)3/h4-14,28H,15-17H2,1-3H3,(H,30,31). The summed E-state index contributed by atoms with van der Waals surface area (Å²) in [6.45, 7) is 7.90. The molecule has 31 heavy (non-hydrogen) atoms. The molecule has 1 aromatic heterocycles. The number of carbonyl (C=O) groups is 1. The average molecular weight is 413 g/mol. The molecule has 4 rings (SSSR count). The van der Waals surface area contributed by atoms with Gasteiger partial charge in [-0.2, -0.15) is 0 Å². The van der Waals surface area contributed by atoms with E-state index in [1.807, 2.05) is 29.7 Å². The SMILES string of the molecule is Cc1ccc(CNCc2c(C(=O)O)n(Cc3ccccc3C)c3cc(C)ccc23)cc1. The molecule has 0 unspecified atom stereocenters. The van der Waals surface area contributed by atoms with Gasteiger partial charge in [0.05, 0.1) is 0 Å². The van der Waals surface area contributed by atoms with Crippen LogP contribution in [-0.2, 0) is 19.6 Å². The lowest BCUT2D eigenvalue weighted by molar-refractivity contribution is 0.0684. The van der Waals surface area contributed by atoms with Crippen LogP contribution in [0.4, 0.5) is 0 Å². The van der Waals surface area contributed by atoms with Crippen molar-refractivity contribution in [3.63, 3.8) is 0 Å². The number of rotatable bonds is 7. The maximum absolute atomic E-state index is 12.4. The zero-order valence-corrected chi connectivity index (χ0v) is 18.3. The highest BCUT2D eigenvalue weighted by atomic mass is 16.4. The number of aryl methyl sites for hydroxylation is 3. The molecule has 158 valence electrons. The minimum atomic E-state index is -0.894. The van der Waals surface area contributed by atoms with Gasteiger partial charge in [-0.3, -0.25) is 0 Å². The molecule has 4 heteroatoms. The van der Waals surface area contributed by atoms with Crippen LogP contribution in [0.3, 0.4) is 0 Å². The lowest BCUT2D eigenvalue weighted by Crippen LogP contribution is -2.17. The van der Waals surface area contributed by atoms with Gasteiger partial charge in [-0.15, -0.1) is 0 Å². The Labute approximate surface area is 183 Å². The van der Waals surface area contributed by atoms with E-state index in [-0.39, 0.29) is 0 Å². The van der Waals surface area contributed by atoms with Crippen LogP contribution in [0.15, 0.2) is 66.7 Å². The minimum absolute atomic E-state index is 0.361. The van der Waals surface area contributed by atoms with Gasteiger partial charge in [0.1, 0.15) is 5.69 Å². The molecule has 0 saturated heterocycles. The first-order chi connectivity index (χ1) is 14.9. The molecule has 0 aliphatic carbocycles. The van der Waals surface area contributed by atoms with Gasteiger partial charge in [-0.1, -0.05) is 66.2 Å². The molecular weight excluding hydrogens is 384 g/mol. The predicted octanol–water partition coefficient (Wildman–Crippen LogP) is 5.60. The monoisotopic (exact) mass is 412 g/mol. The van der Waals surface area contributed by atoms with Crippen LogP contribution < -0.4 is 5.32 Å². The first-order valence-corrected chi connectivity index (χ1v) is 10.6. The number of aromatic carboxylic acids is 1. The topological polar surface area (TPSA) is 54.3 Å². The van der Waals surface area contributed by atoms with Crippen LogP contribution in [0.2, 0.25) is 0 Å². The van der Waals surface area contributed by atoms with Crippen molar-refractivity contribution in [3.05, 3.63) is 106 Å². The summed E-state index contributed by atoms with van der Waals surface area (Å²) in [5.74, 6) is -0.894. The van der Waals surface area contributed by atoms with Gasteiger partial charge in [0.2, 0.25) is 0 Å². The third-order valence-corrected chi connectivity index (χ3v) is 5.87. The molecule has 0 amide bonds. The summed E-state index contributed by atoms with van der Waals surface area (Å²) >= 11 is 0. The van der Waals surface area contributed by atoms with Crippen LogP contribution in [0.1, 0.15) is 43.9 Å². The number of benzene rings is 3. The minimum Gasteiger partial charge on any atom is -0.477 e. The van der Waals surface area contributed by atoms with Gasteiger partial charge < -0.3 is 15.0 Å². The van der Waals surface area contributed by atoms with Gasteiger partial charge in [-0.05, 0) is 49.1 Å². The van der Waals surface area contributed by atoms with Crippen LogP contribution in [-0.4, -0.2) is 15.6 Å². The second-order valence-electron chi connectivity index (χ2n) is 8.25. The third-order valence-electron chi connectivity index (χ3n) is 5.87. The van der Waals surface area contributed by atoms with Crippen molar-refractivity contribution in [2.24, 2.45) is 0 Å². The van der Waals surface area contributed by atoms with Crippen LogP contribution >= 0.6 is 0 Å². The summed E-state index contributed by atoms with van der Waals surface area (Å²) in [4.78, 5) is 12.4. The van der Waals surface area contributed by atoms with E-state index in [2.05, 4.69) is 67.7 Å². The van der Waals surface area contributed by atoms with E-state index in [9.17, 15) is 9.90 Å². The molecule has 0 fully saturated rings. The number of nitrogens with one attached hydrogen (secondary N) is 1. The molecule has 3 aromatic carbocycles. The van der Waals surface area contributed by atoms with E-state index in [0.29, 0.717) is 25.3 Å². The van der Waals surface area contributed by atoms with Crippen molar-refractivity contribution in [2.45, 2.75) is 40.4 Å². The first kappa shape index (κ1) is 20.9. The zero-order chi connectivity index (χ0) is 22.0. The fourth-order valence-corrected chi connectivity index (χ4v) is 4.11. The zero-order valence-electron chi connectivity index (χ0n) is 18.3. The molecule has 0 spiro atoms. The molecule has 4 nitrogen and oxygen atoms in total. The van der Waals surface area contributed by atoms with Crippen molar-refractivity contribution in [3.8, 4) is 0 Å². The summed E-state index contributed by atoms with van der Waals surface area (Å²) in [5, 5.41) is 14.6. The number of aromatic nitrogens is 1. The maximum Gasteiger partial charge on any atom is 0.352 e. The van der Waals surface area contributed by atoms with E-state index in [0.717, 1.165) is 33.2 Å². The highest BCUT2D eigenvalue weighted by Crippen LogP contribution is 2.29. The lowest BCUT2D eigenvalue weighted by atomic mass is 10.1. The number of hydrogen-bond acceptors (Lipinski definition) is 2. The Balaban J connectivity index is 1.73. The smallest absolute Gasteiger partial charge is 0.352 e. The Morgan fingerprint density at radius 1 is 0.903 bits per heavy atom. The number of hydrogen-bond donors (Lipinski definition) is 2. The summed E-state index contributed by atoms with van der Waals surface area (Å²) in [5.41, 5.74) is 7.98. The molecule has 0 bridgehead atoms. The van der Waals surface area contributed by atoms with E-state index in [1.165, 1.54) is 11.1 Å². The van der Waals surface area contributed by atoms with Gasteiger partial charge in [-0.25, -0.2) is 4.79 Å². The molecular formula is C27H28N2O2. The van der Waals surface area contributed by atoms with E-state index < -0.39 is 5.97 Å². The number of carboxylic acids is 1. The summed E-state index contributed by atoms with van der Waals surface area (Å²) in [7, 11) is 0. The van der Waals surface area contributed by atoms with Gasteiger partial charge >= 0.3 is 5.97 Å². The fourth-order valence-electron chi connectivity index (χ4n) is 4.11. The van der Waals surface area contributed by atoms with Crippen molar-refractivity contribution >= 4 is 16.9 Å². The Hall–Kier alpha value is -3.37. The Bertz CT molecular complexity index is 1240. The van der Waals surface area contributed by atoms with E-state index in [4.69, 9.17) is 0 Å². The molecule has 2 N–H and O–H groups in total. The second-order valence-corrected chi connectivity index (χ2v) is 8.25. The normalized spacial score (nSPS) is 11.2. The fraction of sp³-hybridized carbons (Fsp3) is 0.222. The summed E-state index contributed by atoms with van der Waals surface area (Å²) in [6.07, 6.45) is 0. The Morgan fingerprint density at radius 2 is 1.61 bits per heavy atom. The van der Waals surface area contributed by atoms with Crippen molar-refractivity contribution < 1.29 is 9.90 Å².